The van der Waals surface area contributed by atoms with Crippen LogP contribution in [0.25, 0.3) is 33.3 Å². The smallest absolute Gasteiger partial charge is 0.308 e. The molecule has 0 aliphatic heterocycles. The van der Waals surface area contributed by atoms with Crippen molar-refractivity contribution in [1.29, 1.82) is 0 Å². The molecule has 3 aromatic heterocycles. The molecule has 0 unspecified atom stereocenters. The van der Waals surface area contributed by atoms with Crippen molar-refractivity contribution >= 4 is 45.5 Å². The van der Waals surface area contributed by atoms with E-state index in [9.17, 15) is 9.59 Å². The van der Waals surface area contributed by atoms with E-state index in [4.69, 9.17) is 26.2 Å². The number of amides is 1. The molecule has 1 amide bonds. The van der Waals surface area contributed by atoms with Crippen molar-refractivity contribution in [1.82, 2.24) is 25.2 Å². The lowest BCUT2D eigenvalue weighted by molar-refractivity contribution is -0.149. The molecule has 2 N–H and O–H groups in total. The van der Waals surface area contributed by atoms with Crippen LogP contribution >= 0.6 is 11.6 Å². The van der Waals surface area contributed by atoms with Crippen LogP contribution in [0, 0.1) is 5.92 Å². The predicted molar refractivity (Wildman–Crippen MR) is 145 cm³/mol. The van der Waals surface area contributed by atoms with Gasteiger partial charge in [-0.2, -0.15) is 0 Å². The number of carbonyl (C=O) groups is 2. The second-order valence-corrected chi connectivity index (χ2v) is 9.50. The van der Waals surface area contributed by atoms with Gasteiger partial charge in [0.25, 0.3) is 5.91 Å². The Kier molecular flexibility index (Phi) is 7.39. The number of nitrogens with one attached hydrogen (secondary N) is 2. The highest BCUT2D eigenvalue weighted by atomic mass is 35.5. The molecule has 0 saturated heterocycles. The van der Waals surface area contributed by atoms with Gasteiger partial charge >= 0.3 is 5.97 Å². The fourth-order valence-electron chi connectivity index (χ4n) is 3.95. The second-order valence-electron chi connectivity index (χ2n) is 9.09. The Labute approximate surface area is 223 Å². The fourth-order valence-corrected chi connectivity index (χ4v) is 4.22. The zero-order valence-corrected chi connectivity index (χ0v) is 21.7. The number of aromatic nitrogens is 4. The molecular weight excluding hydrogens is 506 g/mol. The summed E-state index contributed by atoms with van der Waals surface area (Å²) in [5.74, 6) is -1.05. The van der Waals surface area contributed by atoms with Crippen LogP contribution in [0.4, 0.5) is 0 Å². The Balaban J connectivity index is 1.24. The molecule has 0 saturated carbocycles. The normalized spacial score (nSPS) is 11.4. The molecule has 5 aromatic rings. The topological polar surface area (TPSA) is 111 Å². The molecule has 194 valence electrons. The number of H-pyrrole nitrogens is 1. The van der Waals surface area contributed by atoms with Crippen molar-refractivity contribution in [2.75, 3.05) is 13.2 Å². The van der Waals surface area contributed by atoms with E-state index in [-0.39, 0.29) is 35.7 Å². The first-order valence-electron chi connectivity index (χ1n) is 12.2. The molecule has 0 spiro atoms. The second kappa shape index (κ2) is 11.0. The Morgan fingerprint density at radius 1 is 1.08 bits per heavy atom. The average Bonchev–Trinajstić information content (AvgIpc) is 2.91. The summed E-state index contributed by atoms with van der Waals surface area (Å²) < 4.78 is 6.98. The van der Waals surface area contributed by atoms with Crippen molar-refractivity contribution in [3.05, 3.63) is 83.0 Å². The minimum absolute atomic E-state index is 0.0274. The maximum absolute atomic E-state index is 12.5. The lowest BCUT2D eigenvalue weighted by Crippen LogP contribution is -2.26. The first-order chi connectivity index (χ1) is 18.4. The zero-order chi connectivity index (χ0) is 26.6. The minimum Gasteiger partial charge on any atom is -0.463 e. The van der Waals surface area contributed by atoms with E-state index in [1.54, 1.807) is 38.2 Å². The zero-order valence-electron chi connectivity index (χ0n) is 20.9. The first-order valence-corrected chi connectivity index (χ1v) is 12.5. The average molecular weight is 532 g/mol. The Hall–Kier alpha value is -4.21. The SMILES string of the molecule is CC(C)C(=O)OCCONC(=O)c1ccc(-c2ccc3[nH]n(Cc4ccc5ncccc5c4)c3n2)cc1Cl. The van der Waals surface area contributed by atoms with Crippen LogP contribution in [0.1, 0.15) is 29.8 Å². The summed E-state index contributed by atoms with van der Waals surface area (Å²) in [6.45, 7) is 4.19. The Morgan fingerprint density at radius 3 is 2.76 bits per heavy atom. The summed E-state index contributed by atoms with van der Waals surface area (Å²) in [5.41, 5.74) is 7.95. The molecule has 5 rings (SSSR count). The molecule has 0 aliphatic rings. The lowest BCUT2D eigenvalue weighted by Gasteiger charge is -2.17. The molecule has 2 aromatic carbocycles. The van der Waals surface area contributed by atoms with E-state index in [0.717, 1.165) is 38.9 Å². The third-order valence-corrected chi connectivity index (χ3v) is 6.28. The van der Waals surface area contributed by atoms with Crippen LogP contribution in [0.15, 0.2) is 66.9 Å². The third-order valence-electron chi connectivity index (χ3n) is 5.97. The van der Waals surface area contributed by atoms with Gasteiger partial charge in [-0.1, -0.05) is 43.6 Å². The maximum atomic E-state index is 12.5. The van der Waals surface area contributed by atoms with Gasteiger partial charge in [-0.05, 0) is 48.0 Å². The van der Waals surface area contributed by atoms with Gasteiger partial charge in [-0.3, -0.25) is 29.2 Å². The number of hydrogen-bond acceptors (Lipinski definition) is 6. The van der Waals surface area contributed by atoms with Gasteiger partial charge < -0.3 is 4.74 Å². The third kappa shape index (κ3) is 5.53. The molecule has 0 bridgehead atoms. The molecule has 10 heteroatoms. The summed E-state index contributed by atoms with van der Waals surface area (Å²) in [5, 5.41) is 4.66. The number of rotatable bonds is 9. The Bertz CT molecular complexity index is 1620. The summed E-state index contributed by atoms with van der Waals surface area (Å²) in [4.78, 5) is 38.2. The predicted octanol–water partition coefficient (Wildman–Crippen LogP) is 5.14. The van der Waals surface area contributed by atoms with Crippen LogP contribution in [0.3, 0.4) is 0 Å². The molecule has 0 aliphatic carbocycles. The number of hydrogen-bond donors (Lipinski definition) is 2. The van der Waals surface area contributed by atoms with Crippen molar-refractivity contribution in [3.8, 4) is 11.3 Å². The van der Waals surface area contributed by atoms with Crippen LogP contribution in [-0.2, 0) is 20.9 Å². The number of pyridine rings is 2. The van der Waals surface area contributed by atoms with Crippen molar-refractivity contribution in [2.45, 2.75) is 20.4 Å². The molecule has 0 atom stereocenters. The lowest BCUT2D eigenvalue weighted by atomic mass is 10.1. The largest absolute Gasteiger partial charge is 0.463 e. The van der Waals surface area contributed by atoms with Gasteiger partial charge in [0.05, 0.1) is 39.8 Å². The number of ether oxygens (including phenoxy) is 1. The van der Waals surface area contributed by atoms with Crippen LogP contribution < -0.4 is 5.48 Å². The van der Waals surface area contributed by atoms with E-state index in [2.05, 4.69) is 27.7 Å². The molecule has 0 fully saturated rings. The highest BCUT2D eigenvalue weighted by Crippen LogP contribution is 2.27. The van der Waals surface area contributed by atoms with Crippen molar-refractivity contribution < 1.29 is 19.2 Å². The van der Waals surface area contributed by atoms with Gasteiger partial charge in [0, 0.05) is 17.1 Å². The van der Waals surface area contributed by atoms with Crippen LogP contribution in [0.2, 0.25) is 5.02 Å². The van der Waals surface area contributed by atoms with Gasteiger partial charge in [0.15, 0.2) is 5.65 Å². The maximum Gasteiger partial charge on any atom is 0.308 e. The number of aromatic amines is 1. The summed E-state index contributed by atoms with van der Waals surface area (Å²) >= 11 is 6.42. The number of fused-ring (bicyclic) bond motifs is 2. The number of hydroxylamine groups is 1. The molecule has 9 nitrogen and oxygen atoms in total. The minimum atomic E-state index is -0.497. The van der Waals surface area contributed by atoms with Crippen molar-refractivity contribution in [3.63, 3.8) is 0 Å². The summed E-state index contributed by atoms with van der Waals surface area (Å²) in [6, 6.07) is 19.1. The summed E-state index contributed by atoms with van der Waals surface area (Å²) in [6.07, 6.45) is 1.79. The van der Waals surface area contributed by atoms with Gasteiger partial charge in [0.2, 0.25) is 0 Å². The Morgan fingerprint density at radius 2 is 1.95 bits per heavy atom. The molecule has 0 radical (unpaired) electrons. The first kappa shape index (κ1) is 25.4. The van der Waals surface area contributed by atoms with E-state index in [1.807, 2.05) is 35.0 Å². The van der Waals surface area contributed by atoms with Gasteiger partial charge in [0.1, 0.15) is 13.2 Å². The van der Waals surface area contributed by atoms with Gasteiger partial charge in [-0.25, -0.2) is 10.5 Å². The highest BCUT2D eigenvalue weighted by Gasteiger charge is 2.15. The number of benzene rings is 2. The molecule has 38 heavy (non-hydrogen) atoms. The van der Waals surface area contributed by atoms with Crippen LogP contribution in [-0.4, -0.2) is 44.8 Å². The standard InChI is InChI=1S/C28H26ClN5O4/c1-17(2)28(36)37-12-13-38-33-27(35)21-7-6-20(15-22(21)29)24-9-10-25-26(31-24)34(32-25)16-18-5-8-23-19(14-18)4-3-11-30-23/h3-11,14-15,17,32H,12-13,16H2,1-2H3,(H,33,35). The van der Waals surface area contributed by atoms with Crippen molar-refractivity contribution in [2.24, 2.45) is 5.92 Å². The van der Waals surface area contributed by atoms with Crippen LogP contribution in [0.5, 0.6) is 0 Å². The van der Waals surface area contributed by atoms with Gasteiger partial charge in [-0.15, -0.1) is 0 Å². The highest BCUT2D eigenvalue weighted by molar-refractivity contribution is 6.34. The number of carbonyl (C=O) groups excluding carboxylic acids is 2. The quantitative estimate of drug-likeness (QED) is 0.155. The number of nitrogens with zero attached hydrogens (tertiary/aromatic N) is 3. The number of halogens is 1. The summed E-state index contributed by atoms with van der Waals surface area (Å²) in [7, 11) is 0. The van der Waals surface area contributed by atoms with E-state index in [0.29, 0.717) is 6.54 Å². The molecule has 3 heterocycles. The monoisotopic (exact) mass is 531 g/mol. The number of esters is 1. The van der Waals surface area contributed by atoms with E-state index < -0.39 is 5.91 Å². The molecular formula is C28H26ClN5O4. The van der Waals surface area contributed by atoms with E-state index in [1.165, 1.54) is 0 Å². The fraction of sp³-hybridized carbons (Fsp3) is 0.214. The van der Waals surface area contributed by atoms with E-state index >= 15 is 0 Å².